The molecule has 1 unspecified atom stereocenters. The third-order valence-corrected chi connectivity index (χ3v) is 5.66. The molecule has 1 saturated heterocycles. The molecule has 3 aromatic rings. The lowest BCUT2D eigenvalue weighted by atomic mass is 10.1. The van der Waals surface area contributed by atoms with Crippen molar-refractivity contribution in [2.75, 3.05) is 27.3 Å². The number of pyridine rings is 1. The van der Waals surface area contributed by atoms with Crippen LogP contribution in [0.1, 0.15) is 36.9 Å². The van der Waals surface area contributed by atoms with Crippen molar-refractivity contribution in [3.8, 4) is 5.75 Å². The third kappa shape index (κ3) is 10.5. The average molecular weight is 537 g/mol. The average Bonchev–Trinajstić information content (AvgIpc) is 3.31. The van der Waals surface area contributed by atoms with Gasteiger partial charge >= 0.3 is 0 Å². The number of carbonyl (C=O) groups excluding carboxylic acids is 2. The number of nitrogens with one attached hydrogen (secondary N) is 2. The quantitative estimate of drug-likeness (QED) is 0.477. The second-order valence-electron chi connectivity index (χ2n) is 8.02. The van der Waals surface area contributed by atoms with E-state index < -0.39 is 0 Å². The van der Waals surface area contributed by atoms with Gasteiger partial charge in [-0.05, 0) is 75.0 Å². The summed E-state index contributed by atoms with van der Waals surface area (Å²) in [6.45, 7) is 2.39. The molecule has 0 spiro atoms. The summed E-state index contributed by atoms with van der Waals surface area (Å²) in [5.74, 6) is 1.00. The fraction of sp³-hybridized carbons (Fsp3) is 0.423. The van der Waals surface area contributed by atoms with Crippen LogP contribution in [0.4, 0.5) is 0 Å². The van der Waals surface area contributed by atoms with E-state index in [2.05, 4.69) is 15.6 Å². The van der Waals surface area contributed by atoms with Crippen LogP contribution in [-0.4, -0.2) is 55.5 Å². The molecule has 0 radical (unpaired) electrons. The van der Waals surface area contributed by atoms with Gasteiger partial charge in [0.2, 0.25) is 6.41 Å². The van der Waals surface area contributed by atoms with Gasteiger partial charge in [-0.25, -0.2) is 4.98 Å². The normalized spacial score (nSPS) is 15.8. The van der Waals surface area contributed by atoms with Gasteiger partial charge in [0, 0.05) is 42.6 Å². The summed E-state index contributed by atoms with van der Waals surface area (Å²) in [5.41, 5.74) is 3.14. The number of carbonyl (C=O) groups is 2. The number of benzene rings is 1. The number of aldehydes is 1. The van der Waals surface area contributed by atoms with Crippen molar-refractivity contribution < 1.29 is 19.1 Å². The first-order valence-electron chi connectivity index (χ1n) is 11.9. The Balaban J connectivity index is 0.000000181. The molecule has 2 aliphatic rings. The summed E-state index contributed by atoms with van der Waals surface area (Å²) in [5, 5.41) is 6.82. The molecule has 196 valence electrons. The van der Waals surface area contributed by atoms with E-state index >= 15 is 0 Å². The first-order chi connectivity index (χ1) is 17.5. The van der Waals surface area contributed by atoms with E-state index in [1.54, 1.807) is 7.05 Å². The zero-order valence-corrected chi connectivity index (χ0v) is 22.2. The molecule has 8 nitrogen and oxygen atoms in total. The van der Waals surface area contributed by atoms with Crippen LogP contribution in [-0.2, 0) is 27.3 Å². The van der Waals surface area contributed by atoms with Gasteiger partial charge in [-0.1, -0.05) is 23.2 Å². The number of amides is 1. The maximum atomic E-state index is 10.0. The number of fused-ring (bicyclic) bond motifs is 2. The number of hydrogen-bond acceptors (Lipinski definition) is 6. The first-order valence-corrected chi connectivity index (χ1v) is 12.6. The summed E-state index contributed by atoms with van der Waals surface area (Å²) in [4.78, 5) is 23.5. The van der Waals surface area contributed by atoms with E-state index in [4.69, 9.17) is 37.5 Å². The van der Waals surface area contributed by atoms with Crippen molar-refractivity contribution in [1.29, 1.82) is 0 Å². The zero-order chi connectivity index (χ0) is 26.2. The molecule has 2 aliphatic heterocycles. The summed E-state index contributed by atoms with van der Waals surface area (Å²) in [6.07, 6.45) is 10.7. The maximum absolute atomic E-state index is 10.0. The van der Waals surface area contributed by atoms with E-state index in [0.717, 1.165) is 80.3 Å². The highest BCUT2D eigenvalue weighted by Crippen LogP contribution is 2.27. The molecule has 0 aliphatic carbocycles. The Morgan fingerprint density at radius 1 is 1.08 bits per heavy atom. The molecule has 1 amide bonds. The van der Waals surface area contributed by atoms with Gasteiger partial charge in [-0.15, -0.1) is 0 Å². The Kier molecular flexibility index (Phi) is 13.9. The Morgan fingerprint density at radius 3 is 2.50 bits per heavy atom. The minimum absolute atomic E-state index is 0.0938. The number of aromatic nitrogens is 2. The monoisotopic (exact) mass is 536 g/mol. The van der Waals surface area contributed by atoms with E-state index in [1.165, 1.54) is 5.56 Å². The second kappa shape index (κ2) is 16.9. The fourth-order valence-corrected chi connectivity index (χ4v) is 3.83. The van der Waals surface area contributed by atoms with Crippen LogP contribution in [0.5, 0.6) is 5.75 Å². The van der Waals surface area contributed by atoms with Gasteiger partial charge in [-0.2, -0.15) is 0 Å². The Morgan fingerprint density at radius 2 is 1.86 bits per heavy atom. The SMILES string of the molecule is CNC=O.CNCc1cn2ccc(Cl)cc2n1.Clc1ccc2c(c1)CCCO2.O=CC1CCCCO1. The first kappa shape index (κ1) is 29.6. The second-order valence-corrected chi connectivity index (χ2v) is 8.90. The molecule has 5 rings (SSSR count). The molecule has 2 N–H and O–H groups in total. The summed E-state index contributed by atoms with van der Waals surface area (Å²) >= 11 is 11.7. The molecular weight excluding hydrogens is 503 g/mol. The molecular formula is C26H34Cl2N4O4. The summed E-state index contributed by atoms with van der Waals surface area (Å²) in [7, 11) is 3.46. The van der Waals surface area contributed by atoms with E-state index in [-0.39, 0.29) is 6.10 Å². The minimum Gasteiger partial charge on any atom is -0.493 e. The predicted octanol–water partition coefficient (Wildman–Crippen LogP) is 4.49. The van der Waals surface area contributed by atoms with Crippen molar-refractivity contribution >= 4 is 41.5 Å². The standard InChI is InChI=1S/C9H10ClN3.C9H9ClO.C6H10O2.C2H5NO/c1-11-5-8-6-13-3-2-7(10)4-9(13)12-8;10-8-3-4-9-7(6-8)2-1-5-11-9;7-5-6-3-1-2-4-8-6;1-3-2-4/h2-4,6,11H,5H2,1H3;3-4,6H,1-2,5H2;5-6H,1-4H2;2H,1H3,(H,3,4). The predicted molar refractivity (Wildman–Crippen MR) is 143 cm³/mol. The molecule has 0 bridgehead atoms. The number of rotatable bonds is 4. The van der Waals surface area contributed by atoms with Crippen molar-refractivity contribution in [3.05, 3.63) is 64.0 Å². The highest BCUT2D eigenvalue weighted by molar-refractivity contribution is 6.31. The van der Waals surface area contributed by atoms with Crippen LogP contribution in [0, 0.1) is 0 Å². The van der Waals surface area contributed by atoms with Gasteiger partial charge in [-0.3, -0.25) is 4.79 Å². The molecule has 2 aromatic heterocycles. The molecule has 4 heterocycles. The van der Waals surface area contributed by atoms with Crippen molar-refractivity contribution in [3.63, 3.8) is 0 Å². The van der Waals surface area contributed by atoms with Crippen LogP contribution in [0.25, 0.3) is 5.65 Å². The van der Waals surface area contributed by atoms with Crippen LogP contribution in [0.3, 0.4) is 0 Å². The molecule has 0 saturated carbocycles. The van der Waals surface area contributed by atoms with Crippen LogP contribution in [0.15, 0.2) is 42.7 Å². The highest BCUT2D eigenvalue weighted by atomic mass is 35.5. The van der Waals surface area contributed by atoms with Gasteiger partial charge in [0.05, 0.1) is 12.3 Å². The van der Waals surface area contributed by atoms with Crippen LogP contribution >= 0.6 is 23.2 Å². The number of ether oxygens (including phenoxy) is 2. The molecule has 36 heavy (non-hydrogen) atoms. The molecule has 1 atom stereocenters. The third-order valence-electron chi connectivity index (χ3n) is 5.19. The van der Waals surface area contributed by atoms with E-state index in [0.29, 0.717) is 11.4 Å². The Labute approximate surface area is 222 Å². The summed E-state index contributed by atoms with van der Waals surface area (Å²) < 4.78 is 12.4. The van der Waals surface area contributed by atoms with Gasteiger partial charge < -0.3 is 29.3 Å². The van der Waals surface area contributed by atoms with Gasteiger partial charge in [0.15, 0.2) is 0 Å². The fourth-order valence-electron chi connectivity index (χ4n) is 3.48. The number of aryl methyl sites for hydroxylation is 1. The van der Waals surface area contributed by atoms with Crippen molar-refractivity contribution in [1.82, 2.24) is 20.0 Å². The van der Waals surface area contributed by atoms with Gasteiger partial charge in [0.25, 0.3) is 0 Å². The molecule has 10 heteroatoms. The minimum atomic E-state index is -0.0938. The van der Waals surface area contributed by atoms with Gasteiger partial charge in [0.1, 0.15) is 23.8 Å². The smallest absolute Gasteiger partial charge is 0.206 e. The Bertz CT molecular complexity index is 1070. The number of hydrogen-bond donors (Lipinski definition) is 2. The zero-order valence-electron chi connectivity index (χ0n) is 20.7. The summed E-state index contributed by atoms with van der Waals surface area (Å²) in [6, 6.07) is 9.48. The lowest BCUT2D eigenvalue weighted by molar-refractivity contribution is -0.120. The lowest BCUT2D eigenvalue weighted by Crippen LogP contribution is -2.19. The lowest BCUT2D eigenvalue weighted by Gasteiger charge is -2.16. The number of imidazole rings is 1. The number of halogens is 2. The largest absolute Gasteiger partial charge is 0.493 e. The maximum Gasteiger partial charge on any atom is 0.206 e. The Hall–Kier alpha value is -2.65. The molecule has 1 aromatic carbocycles. The number of nitrogens with zero attached hydrogens (tertiary/aromatic N) is 2. The molecule has 1 fully saturated rings. The highest BCUT2D eigenvalue weighted by Gasteiger charge is 2.11. The van der Waals surface area contributed by atoms with E-state index in [1.807, 2.05) is 54.2 Å². The van der Waals surface area contributed by atoms with Crippen molar-refractivity contribution in [2.24, 2.45) is 0 Å². The van der Waals surface area contributed by atoms with Crippen molar-refractivity contribution in [2.45, 2.75) is 44.8 Å². The van der Waals surface area contributed by atoms with Crippen LogP contribution < -0.4 is 15.4 Å². The van der Waals surface area contributed by atoms with Crippen LogP contribution in [0.2, 0.25) is 10.0 Å². The topological polar surface area (TPSA) is 94.0 Å². The van der Waals surface area contributed by atoms with E-state index in [9.17, 15) is 4.79 Å².